The number of rotatable bonds is 8. The number of benzene rings is 2. The van der Waals surface area contributed by atoms with E-state index in [1.807, 2.05) is 18.2 Å². The Balaban J connectivity index is 1.19. The van der Waals surface area contributed by atoms with E-state index in [1.54, 1.807) is 11.0 Å². The summed E-state index contributed by atoms with van der Waals surface area (Å²) in [6.07, 6.45) is 4.36. The van der Waals surface area contributed by atoms with Crippen LogP contribution in [0.1, 0.15) is 12.0 Å². The number of nitrogens with one attached hydrogen (secondary N) is 1. The fourth-order valence-corrected chi connectivity index (χ4v) is 4.85. The maximum Gasteiger partial charge on any atom is 0.240 e. The molecule has 1 fully saturated rings. The molecule has 1 amide bonds. The summed E-state index contributed by atoms with van der Waals surface area (Å²) < 4.78 is 38.5. The Kier molecular flexibility index (Phi) is 7.64. The molecule has 0 atom stereocenters. The van der Waals surface area contributed by atoms with E-state index in [4.69, 9.17) is 9.47 Å². The normalized spacial score (nSPS) is 16.8. The summed E-state index contributed by atoms with van der Waals surface area (Å²) in [4.78, 5) is 16.7. The van der Waals surface area contributed by atoms with Crippen LogP contribution in [0.3, 0.4) is 0 Å². The predicted octanol–water partition coefficient (Wildman–Crippen LogP) is 1.98. The molecule has 1 saturated heterocycles. The molecule has 9 heteroatoms. The summed E-state index contributed by atoms with van der Waals surface area (Å²) in [5.41, 5.74) is 1.17. The second-order valence-electron chi connectivity index (χ2n) is 7.95. The molecule has 4 rings (SSSR count). The van der Waals surface area contributed by atoms with Crippen molar-refractivity contribution in [1.29, 1.82) is 0 Å². The zero-order valence-corrected chi connectivity index (χ0v) is 19.3. The average Bonchev–Trinajstić information content (AvgIpc) is 2.84. The second kappa shape index (κ2) is 10.8. The number of hydrogen-bond acceptors (Lipinski definition) is 6. The molecule has 0 bridgehead atoms. The minimum Gasteiger partial charge on any atom is -0.486 e. The molecule has 2 heterocycles. The second-order valence-corrected chi connectivity index (χ2v) is 9.71. The van der Waals surface area contributed by atoms with Gasteiger partial charge in [0.2, 0.25) is 15.9 Å². The van der Waals surface area contributed by atoms with E-state index in [1.165, 1.54) is 17.7 Å². The molecule has 2 aliphatic heterocycles. The van der Waals surface area contributed by atoms with Gasteiger partial charge < -0.3 is 14.4 Å². The lowest BCUT2D eigenvalue weighted by atomic mass is 10.2. The van der Waals surface area contributed by atoms with Gasteiger partial charge in [-0.25, -0.2) is 13.1 Å². The highest BCUT2D eigenvalue weighted by Gasteiger charge is 2.22. The van der Waals surface area contributed by atoms with Gasteiger partial charge in [0.1, 0.15) is 13.2 Å². The minimum absolute atomic E-state index is 0.0423. The van der Waals surface area contributed by atoms with Gasteiger partial charge in [-0.3, -0.25) is 9.69 Å². The zero-order valence-electron chi connectivity index (χ0n) is 18.5. The largest absolute Gasteiger partial charge is 0.486 e. The van der Waals surface area contributed by atoms with E-state index in [-0.39, 0.29) is 23.8 Å². The minimum atomic E-state index is -3.73. The molecular weight excluding hydrogens is 442 g/mol. The van der Waals surface area contributed by atoms with E-state index in [9.17, 15) is 13.2 Å². The number of ether oxygens (including phenoxy) is 2. The smallest absolute Gasteiger partial charge is 0.240 e. The third-order valence-electron chi connectivity index (χ3n) is 5.65. The van der Waals surface area contributed by atoms with Crippen LogP contribution < -0.4 is 14.2 Å². The first-order chi connectivity index (χ1) is 16.0. The number of piperazine rings is 1. The molecule has 0 unspecified atom stereocenters. The lowest BCUT2D eigenvalue weighted by molar-refractivity contribution is -0.132. The summed E-state index contributed by atoms with van der Waals surface area (Å²) in [5, 5.41) is 0. The summed E-state index contributed by atoms with van der Waals surface area (Å²) in [7, 11) is -3.73. The monoisotopic (exact) mass is 471 g/mol. The van der Waals surface area contributed by atoms with Gasteiger partial charge in [-0.1, -0.05) is 42.5 Å². The highest BCUT2D eigenvalue weighted by Crippen LogP contribution is 2.32. The van der Waals surface area contributed by atoms with Crippen molar-refractivity contribution in [2.75, 3.05) is 52.5 Å². The highest BCUT2D eigenvalue weighted by atomic mass is 32.2. The Hall–Kier alpha value is -2.88. The Labute approximate surface area is 194 Å². The van der Waals surface area contributed by atoms with Gasteiger partial charge in [0.15, 0.2) is 11.5 Å². The maximum absolute atomic E-state index is 12.6. The first kappa shape index (κ1) is 23.3. The Morgan fingerprint density at radius 1 is 0.970 bits per heavy atom. The molecule has 2 aromatic rings. The standard InChI is InChI=1S/C24H29N3O5S/c28-24(27-15-13-26(14-16-27)12-4-7-20-5-2-1-3-6-20)10-11-25-33(29,30)21-8-9-22-23(19-21)32-18-17-31-22/h1-9,19,25H,10-18H2. The Bertz CT molecular complexity index is 1080. The van der Waals surface area contributed by atoms with Gasteiger partial charge in [0.25, 0.3) is 0 Å². The van der Waals surface area contributed by atoms with Gasteiger partial charge in [0, 0.05) is 51.8 Å². The quantitative estimate of drug-likeness (QED) is 0.634. The van der Waals surface area contributed by atoms with Crippen LogP contribution in [0.15, 0.2) is 59.5 Å². The number of carbonyl (C=O) groups excluding carboxylic acids is 1. The molecule has 0 aromatic heterocycles. The molecule has 0 saturated carbocycles. The van der Waals surface area contributed by atoms with Crippen LogP contribution in [0.5, 0.6) is 11.5 Å². The van der Waals surface area contributed by atoms with Crippen LogP contribution >= 0.6 is 0 Å². The lowest BCUT2D eigenvalue weighted by Crippen LogP contribution is -2.49. The van der Waals surface area contributed by atoms with Crippen molar-refractivity contribution < 1.29 is 22.7 Å². The Morgan fingerprint density at radius 2 is 1.70 bits per heavy atom. The van der Waals surface area contributed by atoms with Gasteiger partial charge >= 0.3 is 0 Å². The molecular formula is C24H29N3O5S. The van der Waals surface area contributed by atoms with Crippen molar-refractivity contribution in [3.8, 4) is 11.5 Å². The van der Waals surface area contributed by atoms with Crippen LogP contribution in [0.25, 0.3) is 6.08 Å². The SMILES string of the molecule is O=C(CCNS(=O)(=O)c1ccc2c(c1)OCCO2)N1CCN(CC=Cc2ccccc2)CC1. The van der Waals surface area contributed by atoms with E-state index >= 15 is 0 Å². The number of sulfonamides is 1. The number of amides is 1. The fourth-order valence-electron chi connectivity index (χ4n) is 3.81. The van der Waals surface area contributed by atoms with Crippen LogP contribution in [0.4, 0.5) is 0 Å². The first-order valence-corrected chi connectivity index (χ1v) is 12.6. The number of carbonyl (C=O) groups is 1. The van der Waals surface area contributed by atoms with Crippen molar-refractivity contribution >= 4 is 22.0 Å². The third-order valence-corrected chi connectivity index (χ3v) is 7.11. The fraction of sp³-hybridized carbons (Fsp3) is 0.375. The van der Waals surface area contributed by atoms with Crippen molar-refractivity contribution in [3.63, 3.8) is 0 Å². The third kappa shape index (κ3) is 6.34. The van der Waals surface area contributed by atoms with E-state index < -0.39 is 10.0 Å². The van der Waals surface area contributed by atoms with Gasteiger partial charge in [-0.2, -0.15) is 0 Å². The predicted molar refractivity (Wildman–Crippen MR) is 126 cm³/mol. The molecule has 176 valence electrons. The van der Waals surface area contributed by atoms with Crippen LogP contribution in [-0.2, 0) is 14.8 Å². The van der Waals surface area contributed by atoms with Crippen molar-refractivity contribution in [3.05, 3.63) is 60.2 Å². The molecule has 2 aromatic carbocycles. The summed E-state index contributed by atoms with van der Waals surface area (Å²) in [6, 6.07) is 14.7. The molecule has 1 N–H and O–H groups in total. The summed E-state index contributed by atoms with van der Waals surface area (Å²) >= 11 is 0. The van der Waals surface area contributed by atoms with Crippen molar-refractivity contribution in [2.24, 2.45) is 0 Å². The molecule has 8 nitrogen and oxygen atoms in total. The lowest BCUT2D eigenvalue weighted by Gasteiger charge is -2.34. The number of fused-ring (bicyclic) bond motifs is 1. The molecule has 0 radical (unpaired) electrons. The van der Waals surface area contributed by atoms with Crippen molar-refractivity contribution in [2.45, 2.75) is 11.3 Å². The van der Waals surface area contributed by atoms with Crippen molar-refractivity contribution in [1.82, 2.24) is 14.5 Å². The summed E-state index contributed by atoms with van der Waals surface area (Å²) in [6.45, 7) is 4.61. The molecule has 2 aliphatic rings. The molecule has 33 heavy (non-hydrogen) atoms. The van der Waals surface area contributed by atoms with Gasteiger partial charge in [-0.05, 0) is 17.7 Å². The van der Waals surface area contributed by atoms with Crippen LogP contribution in [-0.4, -0.2) is 76.6 Å². The maximum atomic E-state index is 12.6. The Morgan fingerprint density at radius 3 is 2.45 bits per heavy atom. The zero-order chi connectivity index (χ0) is 23.1. The first-order valence-electron chi connectivity index (χ1n) is 11.1. The number of nitrogens with zero attached hydrogens (tertiary/aromatic N) is 2. The van der Waals surface area contributed by atoms with E-state index in [0.29, 0.717) is 37.8 Å². The number of hydrogen-bond donors (Lipinski definition) is 1. The molecule has 0 aliphatic carbocycles. The van der Waals surface area contributed by atoms with Crippen LogP contribution in [0.2, 0.25) is 0 Å². The molecule has 0 spiro atoms. The highest BCUT2D eigenvalue weighted by molar-refractivity contribution is 7.89. The average molecular weight is 472 g/mol. The van der Waals surface area contributed by atoms with Gasteiger partial charge in [0.05, 0.1) is 4.90 Å². The van der Waals surface area contributed by atoms with E-state index in [2.05, 4.69) is 33.9 Å². The van der Waals surface area contributed by atoms with Crippen LogP contribution in [0, 0.1) is 0 Å². The summed E-state index contributed by atoms with van der Waals surface area (Å²) in [5.74, 6) is 0.904. The van der Waals surface area contributed by atoms with E-state index in [0.717, 1.165) is 19.6 Å². The van der Waals surface area contributed by atoms with Gasteiger partial charge in [-0.15, -0.1) is 0 Å². The topological polar surface area (TPSA) is 88.2 Å².